The first-order chi connectivity index (χ1) is 21.9. The largest absolute Gasteiger partial charge is 0.246 e. The van der Waals surface area contributed by atoms with Gasteiger partial charge in [-0.05, 0) is 90.3 Å². The Bertz CT molecular complexity index is 2270. The summed E-state index contributed by atoms with van der Waals surface area (Å²) in [5.41, 5.74) is 13.7. The lowest BCUT2D eigenvalue weighted by molar-refractivity contribution is 1.03. The Kier molecular flexibility index (Phi) is 5.50. The summed E-state index contributed by atoms with van der Waals surface area (Å²) in [6.45, 7) is 0. The van der Waals surface area contributed by atoms with Crippen LogP contribution in [0.1, 0.15) is 0 Å². The van der Waals surface area contributed by atoms with Gasteiger partial charge in [-0.25, -0.2) is 4.98 Å². The van der Waals surface area contributed by atoms with Gasteiger partial charge in [0.05, 0.1) is 11.4 Å². The minimum atomic E-state index is 0.763. The van der Waals surface area contributed by atoms with Crippen LogP contribution in [0.2, 0.25) is 0 Å². The van der Waals surface area contributed by atoms with Crippen molar-refractivity contribution in [2.24, 2.45) is 0 Å². The van der Waals surface area contributed by atoms with Crippen LogP contribution in [-0.4, -0.2) is 15.2 Å². The number of hydrogen-bond acceptors (Lipinski definition) is 3. The van der Waals surface area contributed by atoms with Gasteiger partial charge >= 0.3 is 0 Å². The van der Waals surface area contributed by atoms with Crippen molar-refractivity contribution in [3.05, 3.63) is 152 Å². The minimum Gasteiger partial charge on any atom is -0.246 e. The number of hydrogen-bond donors (Lipinski definition) is 0. The molecule has 1 aliphatic rings. The van der Waals surface area contributed by atoms with Crippen LogP contribution in [0.15, 0.2) is 152 Å². The highest BCUT2D eigenvalue weighted by Gasteiger charge is 2.31. The number of nitrogens with zero attached hydrogens (tertiary/aromatic N) is 3. The van der Waals surface area contributed by atoms with Crippen molar-refractivity contribution in [3.63, 3.8) is 0 Å². The molecule has 3 heteroatoms. The topological polar surface area (TPSA) is 38.7 Å². The average Bonchev–Trinajstić information content (AvgIpc) is 3.43. The maximum Gasteiger partial charge on any atom is 0.111 e. The van der Waals surface area contributed by atoms with Gasteiger partial charge in [0.25, 0.3) is 0 Å². The van der Waals surface area contributed by atoms with Gasteiger partial charge in [0, 0.05) is 11.8 Å². The predicted octanol–water partition coefficient (Wildman–Crippen LogP) is 10.5. The summed E-state index contributed by atoms with van der Waals surface area (Å²) in [4.78, 5) is 5.06. The highest BCUT2D eigenvalue weighted by atomic mass is 15.1. The fourth-order valence-corrected chi connectivity index (χ4v) is 7.00. The molecule has 0 bridgehead atoms. The van der Waals surface area contributed by atoms with Crippen LogP contribution in [0.5, 0.6) is 0 Å². The van der Waals surface area contributed by atoms with E-state index in [0.29, 0.717) is 0 Å². The summed E-state index contributed by atoms with van der Waals surface area (Å²) in [7, 11) is 0. The van der Waals surface area contributed by atoms with Crippen molar-refractivity contribution in [1.29, 1.82) is 0 Å². The Morgan fingerprint density at radius 2 is 0.886 bits per heavy atom. The van der Waals surface area contributed by atoms with E-state index in [2.05, 4.69) is 138 Å². The fraction of sp³-hybridized carbons (Fsp3) is 0. The molecule has 2 heterocycles. The van der Waals surface area contributed by atoms with E-state index < -0.39 is 0 Å². The number of fused-ring (bicyclic) bond motifs is 4. The first-order valence-electron chi connectivity index (χ1n) is 14.9. The van der Waals surface area contributed by atoms with E-state index >= 15 is 0 Å². The van der Waals surface area contributed by atoms with Crippen molar-refractivity contribution in [2.75, 3.05) is 0 Å². The summed E-state index contributed by atoms with van der Waals surface area (Å²) in [5, 5.41) is 13.4. The SMILES string of the molecule is c1ccc(-c2c3c(c(-c4ccccc4)c4ccccc24)-c2ccc(-c4cccc(-c5cccnn5)n4)c4cccc-3c24)cc1. The molecular formula is C41H25N3. The number of benzene rings is 6. The second-order valence-electron chi connectivity index (χ2n) is 11.2. The molecule has 0 saturated carbocycles. The van der Waals surface area contributed by atoms with Crippen molar-refractivity contribution in [1.82, 2.24) is 15.2 Å². The molecular weight excluding hydrogens is 534 g/mol. The van der Waals surface area contributed by atoms with Gasteiger partial charge in [0.1, 0.15) is 5.69 Å². The van der Waals surface area contributed by atoms with Crippen LogP contribution >= 0.6 is 0 Å². The maximum atomic E-state index is 5.06. The number of pyridine rings is 1. The highest BCUT2D eigenvalue weighted by Crippen LogP contribution is 2.58. The molecule has 9 rings (SSSR count). The van der Waals surface area contributed by atoms with Gasteiger partial charge in [-0.2, -0.15) is 5.10 Å². The van der Waals surface area contributed by atoms with Gasteiger partial charge < -0.3 is 0 Å². The molecule has 0 unspecified atom stereocenters. The molecule has 2 aromatic heterocycles. The summed E-state index contributed by atoms with van der Waals surface area (Å²) in [6.07, 6.45) is 1.69. The lowest BCUT2D eigenvalue weighted by Gasteiger charge is -2.20. The van der Waals surface area contributed by atoms with Crippen LogP contribution in [-0.2, 0) is 0 Å². The van der Waals surface area contributed by atoms with E-state index in [4.69, 9.17) is 4.98 Å². The van der Waals surface area contributed by atoms with Gasteiger partial charge in [-0.1, -0.05) is 121 Å². The zero-order valence-corrected chi connectivity index (χ0v) is 23.8. The molecule has 0 spiro atoms. The summed E-state index contributed by atoms with van der Waals surface area (Å²) in [5.74, 6) is 0. The van der Waals surface area contributed by atoms with E-state index in [1.54, 1.807) is 6.20 Å². The lowest BCUT2D eigenvalue weighted by Crippen LogP contribution is -1.93. The third-order valence-electron chi connectivity index (χ3n) is 8.78. The van der Waals surface area contributed by atoms with Gasteiger partial charge in [-0.15, -0.1) is 5.10 Å². The third-order valence-corrected chi connectivity index (χ3v) is 8.78. The van der Waals surface area contributed by atoms with Crippen LogP contribution in [0, 0.1) is 0 Å². The maximum absolute atomic E-state index is 5.06. The molecule has 44 heavy (non-hydrogen) atoms. The van der Waals surface area contributed by atoms with Crippen LogP contribution in [0.25, 0.3) is 88.7 Å². The fourth-order valence-electron chi connectivity index (χ4n) is 7.00. The molecule has 1 aliphatic carbocycles. The van der Waals surface area contributed by atoms with Gasteiger partial charge in [0.2, 0.25) is 0 Å². The molecule has 204 valence electrons. The molecule has 0 aliphatic heterocycles. The summed E-state index contributed by atoms with van der Waals surface area (Å²) >= 11 is 0. The highest BCUT2D eigenvalue weighted by molar-refractivity contribution is 6.28. The molecule has 0 atom stereocenters. The van der Waals surface area contributed by atoms with Crippen LogP contribution < -0.4 is 0 Å². The van der Waals surface area contributed by atoms with Crippen molar-refractivity contribution >= 4 is 21.5 Å². The summed E-state index contributed by atoms with van der Waals surface area (Å²) in [6, 6.07) is 51.8. The molecule has 8 aromatic rings. The average molecular weight is 560 g/mol. The molecule has 0 amide bonds. The third kappa shape index (κ3) is 3.66. The monoisotopic (exact) mass is 559 g/mol. The zero-order chi connectivity index (χ0) is 29.0. The smallest absolute Gasteiger partial charge is 0.111 e. The Balaban J connectivity index is 1.39. The van der Waals surface area contributed by atoms with Gasteiger partial charge in [-0.3, -0.25) is 0 Å². The van der Waals surface area contributed by atoms with E-state index in [1.807, 2.05) is 18.2 Å². The second-order valence-corrected chi connectivity index (χ2v) is 11.2. The number of rotatable bonds is 4. The number of aromatic nitrogens is 3. The zero-order valence-electron chi connectivity index (χ0n) is 23.8. The van der Waals surface area contributed by atoms with Crippen molar-refractivity contribution in [2.45, 2.75) is 0 Å². The van der Waals surface area contributed by atoms with E-state index in [9.17, 15) is 0 Å². The molecule has 0 radical (unpaired) electrons. The standard InChI is InChI=1S/C41H25N3/c1-3-12-26(13-4-1)37-30-16-7-8-17-31(30)38(27-14-5-2-6-15-27)41-33-24-23-28(29-18-9-19-32(39(29)33)40(37)41)34-20-10-21-35(43-34)36-22-11-25-42-44-36/h1-25H. The molecule has 0 fully saturated rings. The molecule has 3 nitrogen and oxygen atoms in total. The van der Waals surface area contributed by atoms with Crippen LogP contribution in [0.3, 0.4) is 0 Å². The first kappa shape index (κ1) is 24.6. The Hall–Kier alpha value is -5.93. The lowest BCUT2D eigenvalue weighted by atomic mass is 9.82. The summed E-state index contributed by atoms with van der Waals surface area (Å²) < 4.78 is 0. The minimum absolute atomic E-state index is 0.763. The predicted molar refractivity (Wildman–Crippen MR) is 181 cm³/mol. The quantitative estimate of drug-likeness (QED) is 0.215. The molecule has 0 saturated heterocycles. The molecule has 0 N–H and O–H groups in total. The normalized spacial score (nSPS) is 11.6. The van der Waals surface area contributed by atoms with E-state index in [-0.39, 0.29) is 0 Å². The van der Waals surface area contributed by atoms with Crippen molar-refractivity contribution in [3.8, 4) is 67.2 Å². The van der Waals surface area contributed by atoms with Gasteiger partial charge in [0.15, 0.2) is 0 Å². The van der Waals surface area contributed by atoms with Crippen molar-refractivity contribution < 1.29 is 0 Å². The van der Waals surface area contributed by atoms with Crippen LogP contribution in [0.4, 0.5) is 0 Å². The molecule has 6 aromatic carbocycles. The second kappa shape index (κ2) is 9.82. The van der Waals surface area contributed by atoms with E-state index in [0.717, 1.165) is 22.6 Å². The Morgan fingerprint density at radius 1 is 0.341 bits per heavy atom. The Labute approximate surface area is 255 Å². The van der Waals surface area contributed by atoms with E-state index in [1.165, 1.54) is 66.1 Å². The Morgan fingerprint density at radius 3 is 1.55 bits per heavy atom. The first-order valence-corrected chi connectivity index (χ1v) is 14.9.